The van der Waals surface area contributed by atoms with Crippen molar-refractivity contribution in [3.63, 3.8) is 0 Å². The van der Waals surface area contributed by atoms with Crippen molar-refractivity contribution < 1.29 is 17.9 Å². The molecule has 0 fully saturated rings. The van der Waals surface area contributed by atoms with Crippen molar-refractivity contribution in [1.29, 1.82) is 0 Å². The lowest BCUT2D eigenvalue weighted by Gasteiger charge is -2.09. The number of nitrogens with zero attached hydrogens (tertiary/aromatic N) is 4. The number of H-pyrrole nitrogens is 1. The van der Waals surface area contributed by atoms with Crippen LogP contribution in [0, 0.1) is 6.92 Å². The van der Waals surface area contributed by atoms with Crippen molar-refractivity contribution in [2.24, 2.45) is 4.99 Å². The number of anilines is 1. The number of benzene rings is 2. The van der Waals surface area contributed by atoms with Crippen molar-refractivity contribution in [2.45, 2.75) is 11.8 Å². The molecule has 11 nitrogen and oxygen atoms in total. The van der Waals surface area contributed by atoms with Crippen LogP contribution in [0.2, 0.25) is 5.02 Å². The van der Waals surface area contributed by atoms with Gasteiger partial charge in [-0.15, -0.1) is 0 Å². The van der Waals surface area contributed by atoms with Crippen LogP contribution in [0.5, 0.6) is 11.9 Å². The van der Waals surface area contributed by atoms with Crippen LogP contribution in [0.15, 0.2) is 69.3 Å². The molecule has 0 atom stereocenters. The van der Waals surface area contributed by atoms with Gasteiger partial charge >= 0.3 is 6.01 Å². The molecule has 2 heterocycles. The third-order valence-electron chi connectivity index (χ3n) is 5.00. The molecule has 2 N–H and O–H groups in total. The largest absolute Gasteiger partial charge is 0.481 e. The Bertz CT molecular complexity index is 1560. The van der Waals surface area contributed by atoms with E-state index in [0.717, 1.165) is 0 Å². The molecule has 0 amide bonds. The Kier molecular flexibility index (Phi) is 7.08. The van der Waals surface area contributed by atoms with Crippen LogP contribution >= 0.6 is 11.6 Å². The summed E-state index contributed by atoms with van der Waals surface area (Å²) in [6.45, 7) is 1.76. The van der Waals surface area contributed by atoms with Crippen LogP contribution in [0.3, 0.4) is 0 Å². The lowest BCUT2D eigenvalue weighted by Crippen LogP contribution is -2.17. The van der Waals surface area contributed by atoms with Crippen molar-refractivity contribution in [3.05, 3.63) is 81.2 Å². The molecular formula is C23H21ClN6O5S. The third-order valence-corrected chi connectivity index (χ3v) is 6.63. The van der Waals surface area contributed by atoms with Crippen molar-refractivity contribution in [3.8, 4) is 17.6 Å². The number of nitrogens with one attached hydrogen (secondary N) is 2. The van der Waals surface area contributed by atoms with E-state index in [1.54, 1.807) is 31.2 Å². The topological polar surface area (TPSA) is 141 Å². The number of ether oxygens (including phenoxy) is 2. The minimum atomic E-state index is -3.96. The quantitative estimate of drug-likeness (QED) is 0.333. The number of aromatic nitrogens is 4. The summed E-state index contributed by atoms with van der Waals surface area (Å²) in [5.41, 5.74) is 1.80. The number of hydrogen-bond acceptors (Lipinski definition) is 8. The highest BCUT2D eigenvalue weighted by Crippen LogP contribution is 2.22. The maximum atomic E-state index is 12.8. The molecule has 0 aliphatic carbocycles. The van der Waals surface area contributed by atoms with Gasteiger partial charge in [0.15, 0.2) is 5.82 Å². The second kappa shape index (κ2) is 10.2. The highest BCUT2D eigenvalue weighted by molar-refractivity contribution is 7.92. The maximum absolute atomic E-state index is 12.8. The van der Waals surface area contributed by atoms with Gasteiger partial charge in [-0.2, -0.15) is 9.97 Å². The van der Waals surface area contributed by atoms with Gasteiger partial charge in [0, 0.05) is 23.0 Å². The first-order valence-corrected chi connectivity index (χ1v) is 12.3. The van der Waals surface area contributed by atoms with Gasteiger partial charge in [0.2, 0.25) is 5.88 Å². The molecule has 4 rings (SSSR count). The molecule has 0 saturated carbocycles. The van der Waals surface area contributed by atoms with Gasteiger partial charge in [-0.1, -0.05) is 11.6 Å². The summed E-state index contributed by atoms with van der Waals surface area (Å²) in [5.74, 6) is 0.125. The minimum Gasteiger partial charge on any atom is -0.481 e. The Balaban J connectivity index is 1.54. The van der Waals surface area contributed by atoms with Crippen molar-refractivity contribution in [2.75, 3.05) is 18.9 Å². The molecule has 2 aromatic heterocycles. The zero-order chi connectivity index (χ0) is 25.9. The van der Waals surface area contributed by atoms with Crippen molar-refractivity contribution in [1.82, 2.24) is 19.7 Å². The Labute approximate surface area is 211 Å². The summed E-state index contributed by atoms with van der Waals surface area (Å²) in [7, 11) is -1.22. The van der Waals surface area contributed by atoms with Crippen LogP contribution in [0.25, 0.3) is 5.69 Å². The number of aromatic amines is 1. The number of methoxy groups -OCH3 is 2. The number of hydrogen-bond donors (Lipinski definition) is 2. The van der Waals surface area contributed by atoms with E-state index in [4.69, 9.17) is 21.1 Å². The summed E-state index contributed by atoms with van der Waals surface area (Å²) >= 11 is 5.92. The summed E-state index contributed by atoms with van der Waals surface area (Å²) in [6.07, 6.45) is 1.43. The highest BCUT2D eigenvalue weighted by atomic mass is 35.5. The lowest BCUT2D eigenvalue weighted by molar-refractivity contribution is 0.353. The van der Waals surface area contributed by atoms with Gasteiger partial charge in [0.05, 0.1) is 36.1 Å². The summed E-state index contributed by atoms with van der Waals surface area (Å²) in [4.78, 5) is 25.0. The molecule has 4 aromatic rings. The maximum Gasteiger partial charge on any atom is 0.321 e. The second-order valence-corrected chi connectivity index (χ2v) is 9.53. The molecule has 0 unspecified atom stereocenters. The summed E-state index contributed by atoms with van der Waals surface area (Å²) in [6, 6.07) is 13.9. The molecule has 0 aliphatic rings. The molecule has 0 saturated heterocycles. The normalized spacial score (nSPS) is 11.6. The first kappa shape index (κ1) is 24.9. The molecule has 36 heavy (non-hydrogen) atoms. The van der Waals surface area contributed by atoms with Gasteiger partial charge in [-0.25, -0.2) is 13.1 Å². The van der Waals surface area contributed by atoms with Gasteiger partial charge < -0.3 is 9.47 Å². The fourth-order valence-corrected chi connectivity index (χ4v) is 4.30. The van der Waals surface area contributed by atoms with Crippen molar-refractivity contribution >= 4 is 39.3 Å². The fraction of sp³-hybridized carbons (Fsp3) is 0.130. The Hall–Kier alpha value is -4.16. The van der Waals surface area contributed by atoms with Gasteiger partial charge in [-0.3, -0.25) is 19.6 Å². The lowest BCUT2D eigenvalue weighted by atomic mass is 10.2. The van der Waals surface area contributed by atoms with Gasteiger partial charge in [0.1, 0.15) is 0 Å². The standard InChI is InChI=1S/C23H21ClN6O5S/c1-14-19(22(31)30(28-14)17-8-4-15(24)5-9-17)13-25-16-6-10-18(11-7-16)36(32,33)29-20-12-21(34-2)27-23(26-20)35-3/h4-13,28H,1-3H3,(H,26,27,29). The molecule has 0 spiro atoms. The average molecular weight is 529 g/mol. The predicted molar refractivity (Wildman–Crippen MR) is 136 cm³/mol. The van der Waals surface area contributed by atoms with Crippen LogP contribution < -0.4 is 19.8 Å². The first-order valence-electron chi connectivity index (χ1n) is 10.4. The first-order chi connectivity index (χ1) is 17.2. The predicted octanol–water partition coefficient (Wildman–Crippen LogP) is 3.49. The Morgan fingerprint density at radius 3 is 2.39 bits per heavy atom. The van der Waals surface area contributed by atoms with Crippen LogP contribution in [0.4, 0.5) is 11.5 Å². The number of aliphatic imine (C=N–C) groups is 1. The zero-order valence-electron chi connectivity index (χ0n) is 19.4. The van der Waals surface area contributed by atoms with Crippen LogP contribution in [-0.4, -0.2) is 48.6 Å². The summed E-state index contributed by atoms with van der Waals surface area (Å²) < 4.78 is 39.3. The van der Waals surface area contributed by atoms with Gasteiger partial charge in [0.25, 0.3) is 15.6 Å². The Morgan fingerprint density at radius 2 is 1.75 bits per heavy atom. The number of sulfonamides is 1. The van der Waals surface area contributed by atoms with E-state index in [0.29, 0.717) is 27.7 Å². The van der Waals surface area contributed by atoms with E-state index in [-0.39, 0.29) is 28.2 Å². The minimum absolute atomic E-state index is 0.0130. The number of halogens is 1. The highest BCUT2D eigenvalue weighted by Gasteiger charge is 2.17. The SMILES string of the molecule is COc1cc(NS(=O)(=O)c2ccc(N=Cc3c(C)[nH]n(-c4ccc(Cl)cc4)c3=O)cc2)nc(OC)n1. The zero-order valence-corrected chi connectivity index (χ0v) is 21.0. The molecule has 2 aromatic carbocycles. The molecule has 0 radical (unpaired) electrons. The molecule has 186 valence electrons. The average Bonchev–Trinajstić information content (AvgIpc) is 3.15. The molecule has 0 aliphatic heterocycles. The smallest absolute Gasteiger partial charge is 0.321 e. The number of rotatable bonds is 8. The van der Waals surface area contributed by atoms with Crippen LogP contribution in [0.1, 0.15) is 11.3 Å². The molecular weight excluding hydrogens is 508 g/mol. The van der Waals surface area contributed by atoms with E-state index in [1.165, 1.54) is 55.4 Å². The molecule has 0 bridgehead atoms. The van der Waals surface area contributed by atoms with E-state index in [1.807, 2.05) is 0 Å². The second-order valence-electron chi connectivity index (χ2n) is 7.41. The Morgan fingerprint density at radius 1 is 1.06 bits per heavy atom. The van der Waals surface area contributed by atoms with E-state index in [9.17, 15) is 13.2 Å². The van der Waals surface area contributed by atoms with E-state index in [2.05, 4.69) is 24.8 Å². The number of aryl methyl sites for hydroxylation is 1. The summed E-state index contributed by atoms with van der Waals surface area (Å²) in [5, 5.41) is 3.57. The van der Waals surface area contributed by atoms with E-state index >= 15 is 0 Å². The monoisotopic (exact) mass is 528 g/mol. The van der Waals surface area contributed by atoms with Gasteiger partial charge in [-0.05, 0) is 55.5 Å². The molecule has 13 heteroatoms. The van der Waals surface area contributed by atoms with E-state index < -0.39 is 10.0 Å². The van der Waals surface area contributed by atoms with Crippen LogP contribution in [-0.2, 0) is 10.0 Å². The fourth-order valence-electron chi connectivity index (χ4n) is 3.18. The third kappa shape index (κ3) is 5.39.